The van der Waals surface area contributed by atoms with Crippen LogP contribution in [-0.2, 0) is 4.74 Å². The first-order chi connectivity index (χ1) is 13.6. The van der Waals surface area contributed by atoms with Crippen molar-refractivity contribution >= 4 is 11.5 Å². The molecule has 0 aliphatic carbocycles. The van der Waals surface area contributed by atoms with Crippen molar-refractivity contribution in [2.24, 2.45) is 0 Å². The number of aryl methyl sites for hydroxylation is 1. The van der Waals surface area contributed by atoms with E-state index < -0.39 is 0 Å². The summed E-state index contributed by atoms with van der Waals surface area (Å²) in [7, 11) is 0. The van der Waals surface area contributed by atoms with Gasteiger partial charge in [0.15, 0.2) is 0 Å². The molecular weight excluding hydrogens is 354 g/mol. The highest BCUT2D eigenvalue weighted by atomic mass is 16.5. The van der Waals surface area contributed by atoms with Crippen LogP contribution in [0.3, 0.4) is 0 Å². The fourth-order valence-corrected chi connectivity index (χ4v) is 3.29. The largest absolute Gasteiger partial charge is 0.378 e. The van der Waals surface area contributed by atoms with Crippen LogP contribution in [-0.4, -0.2) is 47.0 Å². The normalized spacial score (nSPS) is 14.1. The van der Waals surface area contributed by atoms with Crippen LogP contribution in [0.25, 0.3) is 11.3 Å². The summed E-state index contributed by atoms with van der Waals surface area (Å²) < 4.78 is 5.40. The van der Waals surface area contributed by atoms with E-state index in [9.17, 15) is 4.79 Å². The fourth-order valence-electron chi connectivity index (χ4n) is 3.29. The lowest BCUT2D eigenvalue weighted by Crippen LogP contribution is -2.36. The molecule has 1 aliphatic heterocycles. The average molecular weight is 375 g/mol. The highest BCUT2D eigenvalue weighted by Crippen LogP contribution is 2.22. The quantitative estimate of drug-likeness (QED) is 0.683. The zero-order valence-corrected chi connectivity index (χ0v) is 15.6. The van der Waals surface area contributed by atoms with E-state index in [0.717, 1.165) is 35.6 Å². The minimum Gasteiger partial charge on any atom is -0.378 e. The summed E-state index contributed by atoms with van der Waals surface area (Å²) in [5.74, 6) is 0.848. The van der Waals surface area contributed by atoms with E-state index in [1.165, 1.54) is 6.20 Å². The topological polar surface area (TPSA) is 95.0 Å². The Morgan fingerprint density at radius 1 is 1.14 bits per heavy atom. The van der Waals surface area contributed by atoms with E-state index in [2.05, 4.69) is 19.9 Å². The second-order valence-corrected chi connectivity index (χ2v) is 6.67. The Kier molecular flexibility index (Phi) is 4.99. The number of rotatable bonds is 4. The first-order valence-corrected chi connectivity index (χ1v) is 9.16. The molecule has 2 aromatic heterocycles. The average Bonchev–Trinajstić information content (AvgIpc) is 2.75. The molecule has 0 spiro atoms. The zero-order valence-electron chi connectivity index (χ0n) is 15.6. The van der Waals surface area contributed by atoms with Crippen molar-refractivity contribution in [2.45, 2.75) is 6.92 Å². The lowest BCUT2D eigenvalue weighted by atomic mass is 9.96. The number of aromatic nitrogens is 3. The lowest BCUT2D eigenvalue weighted by Gasteiger charge is -2.28. The molecule has 0 bridgehead atoms. The van der Waals surface area contributed by atoms with E-state index in [1.54, 1.807) is 12.4 Å². The highest BCUT2D eigenvalue weighted by Gasteiger charge is 2.16. The maximum absolute atomic E-state index is 12.1. The number of hydrogen-bond donors (Lipinski definition) is 2. The molecule has 3 aromatic rings. The molecule has 1 aliphatic rings. The number of benzene rings is 1. The van der Waals surface area contributed by atoms with Gasteiger partial charge in [0.05, 0.1) is 18.9 Å². The maximum Gasteiger partial charge on any atom is 0.274 e. The van der Waals surface area contributed by atoms with Crippen LogP contribution >= 0.6 is 0 Å². The first kappa shape index (κ1) is 18.1. The Morgan fingerprint density at radius 2 is 1.96 bits per heavy atom. The van der Waals surface area contributed by atoms with Gasteiger partial charge >= 0.3 is 0 Å². The summed E-state index contributed by atoms with van der Waals surface area (Å²) in [5, 5.41) is 8.76. The molecule has 0 saturated carbocycles. The number of nitrogens with zero attached hydrogens (tertiary/aromatic N) is 3. The molecule has 7 nitrogen and oxygen atoms in total. The zero-order chi connectivity index (χ0) is 19.5. The summed E-state index contributed by atoms with van der Waals surface area (Å²) in [4.78, 5) is 25.5. The molecule has 28 heavy (non-hydrogen) atoms. The Labute approximate surface area is 162 Å². The Balaban J connectivity index is 1.69. The van der Waals surface area contributed by atoms with Crippen molar-refractivity contribution < 1.29 is 4.74 Å². The van der Waals surface area contributed by atoms with Crippen molar-refractivity contribution in [2.75, 3.05) is 31.2 Å². The minimum atomic E-state index is -0.248. The molecule has 142 valence electrons. The minimum absolute atomic E-state index is 0.248. The monoisotopic (exact) mass is 375 g/mol. The van der Waals surface area contributed by atoms with E-state index in [-0.39, 0.29) is 5.56 Å². The molecule has 4 rings (SSSR count). The van der Waals surface area contributed by atoms with Crippen LogP contribution in [0.2, 0.25) is 0 Å². The van der Waals surface area contributed by atoms with Gasteiger partial charge in [-0.15, -0.1) is 0 Å². The van der Waals surface area contributed by atoms with Crippen molar-refractivity contribution in [1.29, 1.82) is 5.41 Å². The summed E-state index contributed by atoms with van der Waals surface area (Å²) in [6, 6.07) is 9.40. The van der Waals surface area contributed by atoms with Gasteiger partial charge in [-0.3, -0.25) is 10.2 Å². The van der Waals surface area contributed by atoms with Gasteiger partial charge in [0, 0.05) is 48.4 Å². The Morgan fingerprint density at radius 3 is 2.75 bits per heavy atom. The van der Waals surface area contributed by atoms with Crippen molar-refractivity contribution in [1.82, 2.24) is 15.0 Å². The third kappa shape index (κ3) is 3.57. The van der Waals surface area contributed by atoms with Gasteiger partial charge in [-0.1, -0.05) is 12.1 Å². The van der Waals surface area contributed by atoms with Crippen molar-refractivity contribution in [3.63, 3.8) is 0 Å². The number of pyridine rings is 1. The second kappa shape index (κ2) is 7.74. The molecule has 2 N–H and O–H groups in total. The number of aromatic amines is 1. The van der Waals surface area contributed by atoms with E-state index in [1.807, 2.05) is 37.3 Å². The second-order valence-electron chi connectivity index (χ2n) is 6.67. The van der Waals surface area contributed by atoms with Crippen LogP contribution in [0.1, 0.15) is 16.7 Å². The fraction of sp³-hybridized carbons (Fsp3) is 0.238. The van der Waals surface area contributed by atoms with E-state index in [4.69, 9.17) is 10.1 Å². The molecule has 0 radical (unpaired) electrons. The molecule has 0 unspecified atom stereocenters. The van der Waals surface area contributed by atoms with Crippen LogP contribution in [0, 0.1) is 12.3 Å². The molecule has 0 amide bonds. The van der Waals surface area contributed by atoms with Gasteiger partial charge in [0.25, 0.3) is 5.56 Å². The SMILES string of the molecule is Cc1ccc(-c2ncc[nH]c2=O)cc1C(=N)c1ccnc(N2CCOCC2)c1. The molecule has 0 atom stereocenters. The lowest BCUT2D eigenvalue weighted by molar-refractivity contribution is 0.122. The van der Waals surface area contributed by atoms with Gasteiger partial charge in [0.2, 0.25) is 0 Å². The number of anilines is 1. The standard InChI is InChI=1S/C21H21N5O2/c1-14-2-3-16(20-21(27)25-7-6-24-20)12-17(14)19(22)15-4-5-23-18(13-15)26-8-10-28-11-9-26/h2-7,12-13,22H,8-11H2,1H3,(H,25,27). The van der Waals surface area contributed by atoms with Gasteiger partial charge in [-0.2, -0.15) is 0 Å². The van der Waals surface area contributed by atoms with Gasteiger partial charge in [0.1, 0.15) is 11.5 Å². The first-order valence-electron chi connectivity index (χ1n) is 9.16. The van der Waals surface area contributed by atoms with Gasteiger partial charge < -0.3 is 14.6 Å². The Bertz CT molecular complexity index is 1070. The van der Waals surface area contributed by atoms with Gasteiger partial charge in [-0.05, 0) is 30.7 Å². The van der Waals surface area contributed by atoms with Crippen molar-refractivity contribution in [3.05, 3.63) is 76.0 Å². The highest BCUT2D eigenvalue weighted by molar-refractivity contribution is 6.12. The van der Waals surface area contributed by atoms with Crippen LogP contribution in [0.15, 0.2) is 53.7 Å². The van der Waals surface area contributed by atoms with Gasteiger partial charge in [-0.25, -0.2) is 9.97 Å². The summed E-state index contributed by atoms with van der Waals surface area (Å²) >= 11 is 0. The van der Waals surface area contributed by atoms with Crippen LogP contribution < -0.4 is 10.5 Å². The molecule has 1 aromatic carbocycles. The third-order valence-electron chi connectivity index (χ3n) is 4.86. The van der Waals surface area contributed by atoms with Crippen molar-refractivity contribution in [3.8, 4) is 11.3 Å². The predicted molar refractivity (Wildman–Crippen MR) is 108 cm³/mol. The van der Waals surface area contributed by atoms with Crippen LogP contribution in [0.4, 0.5) is 5.82 Å². The maximum atomic E-state index is 12.1. The number of H-pyrrole nitrogens is 1. The molecular formula is C21H21N5O2. The number of hydrogen-bond acceptors (Lipinski definition) is 6. The smallest absolute Gasteiger partial charge is 0.274 e. The Hall–Kier alpha value is -3.32. The van der Waals surface area contributed by atoms with E-state index in [0.29, 0.717) is 30.2 Å². The summed E-state index contributed by atoms with van der Waals surface area (Å²) in [5.41, 5.74) is 3.69. The molecule has 3 heterocycles. The number of morpholine rings is 1. The van der Waals surface area contributed by atoms with E-state index >= 15 is 0 Å². The number of ether oxygens (including phenoxy) is 1. The summed E-state index contributed by atoms with van der Waals surface area (Å²) in [6.45, 7) is 4.91. The number of nitrogens with one attached hydrogen (secondary N) is 2. The van der Waals surface area contributed by atoms with Crippen LogP contribution in [0.5, 0.6) is 0 Å². The third-order valence-corrected chi connectivity index (χ3v) is 4.86. The molecule has 7 heteroatoms. The molecule has 1 fully saturated rings. The molecule has 1 saturated heterocycles. The summed E-state index contributed by atoms with van der Waals surface area (Å²) in [6.07, 6.45) is 4.80. The predicted octanol–water partition coefficient (Wildman–Crippen LogP) is 2.39.